The van der Waals surface area contributed by atoms with Crippen molar-refractivity contribution >= 4 is 5.69 Å². The topological polar surface area (TPSA) is 49.5 Å². The van der Waals surface area contributed by atoms with Crippen LogP contribution >= 0.6 is 0 Å². The van der Waals surface area contributed by atoms with E-state index in [1.165, 1.54) is 6.07 Å². The number of hydrogen-bond donors (Lipinski definition) is 2. The second-order valence-corrected chi connectivity index (χ2v) is 4.35. The van der Waals surface area contributed by atoms with Crippen molar-refractivity contribution < 1.29 is 9.50 Å². The number of aliphatic hydroxyl groups excluding tert-OH is 1. The van der Waals surface area contributed by atoms with E-state index in [4.69, 9.17) is 5.73 Å². The fraction of sp³-hybridized carbons (Fsp3) is 0.500. The number of aliphatic hydroxyl groups is 1. The Bertz CT molecular complexity index is 381. The van der Waals surface area contributed by atoms with Gasteiger partial charge in [0.1, 0.15) is 5.82 Å². The van der Waals surface area contributed by atoms with E-state index in [2.05, 4.69) is 0 Å². The van der Waals surface area contributed by atoms with Crippen LogP contribution in [0.5, 0.6) is 0 Å². The van der Waals surface area contributed by atoms with Gasteiger partial charge < -0.3 is 15.7 Å². The van der Waals surface area contributed by atoms with Crippen molar-refractivity contribution in [1.29, 1.82) is 0 Å². The zero-order valence-corrected chi connectivity index (χ0v) is 9.36. The molecule has 1 aliphatic rings. The maximum absolute atomic E-state index is 13.8. The summed E-state index contributed by atoms with van der Waals surface area (Å²) in [4.78, 5) is 1.87. The van der Waals surface area contributed by atoms with Crippen molar-refractivity contribution in [1.82, 2.24) is 0 Å². The molecule has 1 fully saturated rings. The fourth-order valence-corrected chi connectivity index (χ4v) is 2.18. The van der Waals surface area contributed by atoms with E-state index in [9.17, 15) is 9.50 Å². The van der Waals surface area contributed by atoms with Crippen LogP contribution in [-0.4, -0.2) is 24.3 Å². The van der Waals surface area contributed by atoms with Crippen molar-refractivity contribution in [3.63, 3.8) is 0 Å². The molecule has 0 amide bonds. The smallest absolute Gasteiger partial charge is 0.146 e. The minimum absolute atomic E-state index is 0.205. The third-order valence-corrected chi connectivity index (χ3v) is 2.99. The second-order valence-electron chi connectivity index (χ2n) is 4.35. The highest BCUT2D eigenvalue weighted by molar-refractivity contribution is 5.56. The van der Waals surface area contributed by atoms with Crippen molar-refractivity contribution in [3.05, 3.63) is 29.6 Å². The van der Waals surface area contributed by atoms with E-state index in [-0.39, 0.29) is 18.0 Å². The largest absolute Gasteiger partial charge is 0.391 e. The number of nitrogens with two attached hydrogens (primary N) is 1. The van der Waals surface area contributed by atoms with Gasteiger partial charge in [0, 0.05) is 19.1 Å². The third kappa shape index (κ3) is 2.03. The van der Waals surface area contributed by atoms with E-state index in [0.717, 1.165) is 5.56 Å². The number of rotatable bonds is 2. The van der Waals surface area contributed by atoms with E-state index in [1.807, 2.05) is 17.9 Å². The van der Waals surface area contributed by atoms with Gasteiger partial charge in [-0.2, -0.15) is 0 Å². The molecule has 0 bridgehead atoms. The molecule has 1 heterocycles. The lowest BCUT2D eigenvalue weighted by Crippen LogP contribution is -2.25. The Balaban J connectivity index is 2.38. The van der Waals surface area contributed by atoms with Crippen molar-refractivity contribution in [2.24, 2.45) is 5.73 Å². The van der Waals surface area contributed by atoms with E-state index < -0.39 is 0 Å². The molecule has 1 aliphatic heterocycles. The SMILES string of the molecule is C[C@H](N)c1cccc(F)c1N1CCC(O)C1. The summed E-state index contributed by atoms with van der Waals surface area (Å²) in [6.07, 6.45) is 0.327. The molecule has 3 N–H and O–H groups in total. The normalized spacial score (nSPS) is 22.5. The van der Waals surface area contributed by atoms with Crippen LogP contribution in [0.3, 0.4) is 0 Å². The first-order chi connectivity index (χ1) is 7.59. The van der Waals surface area contributed by atoms with E-state index >= 15 is 0 Å². The van der Waals surface area contributed by atoms with Gasteiger partial charge in [0.05, 0.1) is 11.8 Å². The Hall–Kier alpha value is -1.13. The van der Waals surface area contributed by atoms with Gasteiger partial charge in [0.25, 0.3) is 0 Å². The Morgan fingerprint density at radius 3 is 2.88 bits per heavy atom. The molecule has 16 heavy (non-hydrogen) atoms. The van der Waals surface area contributed by atoms with Gasteiger partial charge in [-0.15, -0.1) is 0 Å². The van der Waals surface area contributed by atoms with Gasteiger partial charge in [-0.25, -0.2) is 4.39 Å². The first-order valence-corrected chi connectivity index (χ1v) is 5.56. The van der Waals surface area contributed by atoms with Gasteiger partial charge in [0.2, 0.25) is 0 Å². The zero-order chi connectivity index (χ0) is 11.7. The summed E-state index contributed by atoms with van der Waals surface area (Å²) in [6.45, 7) is 3.01. The molecule has 2 rings (SSSR count). The van der Waals surface area contributed by atoms with E-state index in [1.54, 1.807) is 6.07 Å². The summed E-state index contributed by atoms with van der Waals surface area (Å²) < 4.78 is 13.8. The molecule has 0 radical (unpaired) electrons. The molecule has 1 aromatic carbocycles. The number of para-hydroxylation sites is 1. The molecule has 0 saturated carbocycles. The number of nitrogens with zero attached hydrogens (tertiary/aromatic N) is 1. The lowest BCUT2D eigenvalue weighted by atomic mass is 10.1. The highest BCUT2D eigenvalue weighted by Crippen LogP contribution is 2.30. The molecular weight excluding hydrogens is 207 g/mol. The van der Waals surface area contributed by atoms with Crippen LogP contribution in [0.4, 0.5) is 10.1 Å². The van der Waals surface area contributed by atoms with Gasteiger partial charge >= 0.3 is 0 Å². The summed E-state index contributed by atoms with van der Waals surface area (Å²) in [5.74, 6) is -0.260. The maximum atomic E-state index is 13.8. The standard InChI is InChI=1S/C12H17FN2O/c1-8(14)10-3-2-4-11(13)12(10)15-6-5-9(16)7-15/h2-4,8-9,16H,5-7,14H2,1H3/t8-,9?/m0/s1. The van der Waals surface area contributed by atoms with E-state index in [0.29, 0.717) is 25.2 Å². The minimum atomic E-state index is -0.361. The summed E-state index contributed by atoms with van der Waals surface area (Å²) in [7, 11) is 0. The summed E-state index contributed by atoms with van der Waals surface area (Å²) in [6, 6.07) is 4.74. The van der Waals surface area contributed by atoms with Gasteiger partial charge in [0.15, 0.2) is 0 Å². The first-order valence-electron chi connectivity index (χ1n) is 5.56. The summed E-state index contributed by atoms with van der Waals surface area (Å²) >= 11 is 0. The Kier molecular flexibility index (Phi) is 3.12. The molecule has 0 aliphatic carbocycles. The molecule has 1 aromatic rings. The monoisotopic (exact) mass is 224 g/mol. The lowest BCUT2D eigenvalue weighted by Gasteiger charge is -2.23. The predicted octanol–water partition coefficient (Wildman–Crippen LogP) is 1.42. The number of benzene rings is 1. The molecule has 3 nitrogen and oxygen atoms in total. The average molecular weight is 224 g/mol. The lowest BCUT2D eigenvalue weighted by molar-refractivity contribution is 0.198. The van der Waals surface area contributed by atoms with Crippen molar-refractivity contribution in [2.75, 3.05) is 18.0 Å². The average Bonchev–Trinajstić information content (AvgIpc) is 2.64. The van der Waals surface area contributed by atoms with Crippen molar-refractivity contribution in [3.8, 4) is 0 Å². The van der Waals surface area contributed by atoms with Crippen LogP contribution in [0.15, 0.2) is 18.2 Å². The predicted molar refractivity (Wildman–Crippen MR) is 61.8 cm³/mol. The third-order valence-electron chi connectivity index (χ3n) is 2.99. The van der Waals surface area contributed by atoms with Gasteiger partial charge in [-0.3, -0.25) is 0 Å². The van der Waals surface area contributed by atoms with Gasteiger partial charge in [-0.1, -0.05) is 12.1 Å². The fourth-order valence-electron chi connectivity index (χ4n) is 2.18. The molecule has 2 atom stereocenters. The maximum Gasteiger partial charge on any atom is 0.146 e. The summed E-state index contributed by atoms with van der Waals surface area (Å²) in [5, 5.41) is 9.49. The van der Waals surface area contributed by atoms with Crippen LogP contribution in [-0.2, 0) is 0 Å². The van der Waals surface area contributed by atoms with Crippen molar-refractivity contribution in [2.45, 2.75) is 25.5 Å². The van der Waals surface area contributed by atoms with Crippen LogP contribution < -0.4 is 10.6 Å². The molecule has 4 heteroatoms. The molecule has 1 unspecified atom stereocenters. The Morgan fingerprint density at radius 2 is 2.31 bits per heavy atom. The van der Waals surface area contributed by atoms with Gasteiger partial charge in [-0.05, 0) is 25.0 Å². The highest BCUT2D eigenvalue weighted by atomic mass is 19.1. The molecular formula is C12H17FN2O. The zero-order valence-electron chi connectivity index (χ0n) is 9.36. The molecule has 0 spiro atoms. The highest BCUT2D eigenvalue weighted by Gasteiger charge is 2.25. The van der Waals surface area contributed by atoms with Crippen LogP contribution in [0, 0.1) is 5.82 Å². The Labute approximate surface area is 94.7 Å². The number of hydrogen-bond acceptors (Lipinski definition) is 3. The number of anilines is 1. The van der Waals surface area contributed by atoms with Crippen LogP contribution in [0.25, 0.3) is 0 Å². The second kappa shape index (κ2) is 4.39. The molecule has 88 valence electrons. The molecule has 0 aromatic heterocycles. The Morgan fingerprint density at radius 1 is 1.56 bits per heavy atom. The summed E-state index contributed by atoms with van der Waals surface area (Å²) in [5.41, 5.74) is 7.18. The quantitative estimate of drug-likeness (QED) is 0.798. The molecule has 1 saturated heterocycles. The van der Waals surface area contributed by atoms with Crippen LogP contribution in [0.2, 0.25) is 0 Å². The number of halogens is 1. The van der Waals surface area contributed by atoms with Crippen LogP contribution in [0.1, 0.15) is 24.9 Å². The first kappa shape index (κ1) is 11.4. The number of β-amino-alcohol motifs (C(OH)–C–C–N with tert-alkyl or cyclic N) is 1. The minimum Gasteiger partial charge on any atom is -0.391 e.